The van der Waals surface area contributed by atoms with Crippen molar-refractivity contribution in [1.29, 1.82) is 0 Å². The maximum atomic E-state index is 10.7. The fourth-order valence-electron chi connectivity index (χ4n) is 3.86. The first-order valence-electron chi connectivity index (χ1n) is 10.2. The minimum atomic E-state index is -1.75. The van der Waals surface area contributed by atoms with Gasteiger partial charge in [0.1, 0.15) is 48.8 Å². The van der Waals surface area contributed by atoms with E-state index in [2.05, 4.69) is 0 Å². The van der Waals surface area contributed by atoms with Gasteiger partial charge >= 0.3 is 0 Å². The van der Waals surface area contributed by atoms with Crippen LogP contribution in [-0.2, 0) is 23.7 Å². The third-order valence-corrected chi connectivity index (χ3v) is 5.89. The quantitative estimate of drug-likeness (QED) is 0.196. The Morgan fingerprint density at radius 2 is 1.29 bits per heavy atom. The molecular formula is C18H32O13. The molecule has 0 spiro atoms. The van der Waals surface area contributed by atoms with Crippen LogP contribution in [0.15, 0.2) is 0 Å². The molecule has 3 fully saturated rings. The minimum absolute atomic E-state index is 0.0293. The molecule has 0 aromatic carbocycles. The van der Waals surface area contributed by atoms with Crippen molar-refractivity contribution < 1.29 is 64.5 Å². The van der Waals surface area contributed by atoms with E-state index in [0.717, 1.165) is 0 Å². The second kappa shape index (κ2) is 10.2. The van der Waals surface area contributed by atoms with Crippen LogP contribution in [0.1, 0.15) is 20.3 Å². The predicted octanol–water partition coefficient (Wildman–Crippen LogP) is -4.49. The molecule has 14 atom stereocenters. The molecular weight excluding hydrogens is 424 g/mol. The van der Waals surface area contributed by atoms with Crippen LogP contribution in [0.25, 0.3) is 0 Å². The molecule has 0 radical (unpaired) electrons. The normalized spacial score (nSPS) is 54.0. The van der Waals surface area contributed by atoms with E-state index < -0.39 is 92.6 Å². The summed E-state index contributed by atoms with van der Waals surface area (Å²) in [7, 11) is 0. The summed E-state index contributed by atoms with van der Waals surface area (Å²) in [6, 6.07) is 0. The summed E-state index contributed by atoms with van der Waals surface area (Å²) in [5, 5.41) is 80.5. The van der Waals surface area contributed by atoms with Crippen molar-refractivity contribution in [2.75, 3.05) is 6.61 Å². The smallest absolute Gasteiger partial charge is 0.187 e. The molecule has 3 aliphatic heterocycles. The fraction of sp³-hybridized carbons (Fsp3) is 1.00. The molecule has 0 aromatic heterocycles. The lowest BCUT2D eigenvalue weighted by Crippen LogP contribution is -2.64. The average Bonchev–Trinajstić information content (AvgIpc) is 2.72. The van der Waals surface area contributed by atoms with Gasteiger partial charge in [-0.1, -0.05) is 0 Å². The largest absolute Gasteiger partial charge is 0.394 e. The van der Waals surface area contributed by atoms with Gasteiger partial charge in [-0.25, -0.2) is 0 Å². The SMILES string of the molecule is C[C@@H]1O[C@H](O[C@@H]2C(O)O[C@H](CO)[C@@H](O)[C@@H]2O)[C@H](O)[C@H](O[C@H]2O[C@H](C)[C@H](O)C[C@H]2O)[C@H]1O. The molecule has 1 unspecified atom stereocenters. The van der Waals surface area contributed by atoms with Gasteiger partial charge in [0.15, 0.2) is 18.9 Å². The van der Waals surface area contributed by atoms with Crippen molar-refractivity contribution in [2.45, 2.75) is 106 Å². The van der Waals surface area contributed by atoms with Crippen LogP contribution in [-0.4, -0.2) is 133 Å². The molecule has 182 valence electrons. The lowest BCUT2D eigenvalue weighted by atomic mass is 9.97. The Morgan fingerprint density at radius 3 is 1.94 bits per heavy atom. The zero-order valence-corrected chi connectivity index (χ0v) is 17.1. The molecule has 0 aromatic rings. The van der Waals surface area contributed by atoms with Gasteiger partial charge in [-0.3, -0.25) is 0 Å². The molecule has 3 aliphatic rings. The van der Waals surface area contributed by atoms with E-state index in [-0.39, 0.29) is 6.42 Å². The van der Waals surface area contributed by atoms with Crippen LogP contribution in [0.2, 0.25) is 0 Å². The van der Waals surface area contributed by atoms with Gasteiger partial charge in [0.2, 0.25) is 0 Å². The van der Waals surface area contributed by atoms with Crippen molar-refractivity contribution in [3.8, 4) is 0 Å². The average molecular weight is 456 g/mol. The van der Waals surface area contributed by atoms with E-state index in [1.165, 1.54) is 6.92 Å². The van der Waals surface area contributed by atoms with Crippen LogP contribution in [0.3, 0.4) is 0 Å². The Bertz CT molecular complexity index is 581. The molecule has 3 saturated heterocycles. The fourth-order valence-corrected chi connectivity index (χ4v) is 3.86. The second-order valence-electron chi connectivity index (χ2n) is 8.20. The standard InChI is InChI=1S/C18H32O13/c1-5-7(20)3-8(21)17(27-5)30-14-10(22)6(2)28-18(13(14)25)31-15-12(24)11(23)9(4-19)29-16(15)26/h5-26H,3-4H2,1-2H3/t5-,6+,7-,8-,9-,10+,11-,12+,13-,14-,15+,16?,17-,18-/m1/s1. The van der Waals surface area contributed by atoms with Crippen LogP contribution in [0, 0.1) is 0 Å². The topological polar surface area (TPSA) is 208 Å². The summed E-state index contributed by atoms with van der Waals surface area (Å²) in [6.45, 7) is 2.39. The number of rotatable bonds is 5. The minimum Gasteiger partial charge on any atom is -0.394 e. The Morgan fingerprint density at radius 1 is 0.677 bits per heavy atom. The molecule has 3 rings (SSSR count). The van der Waals surface area contributed by atoms with Gasteiger partial charge < -0.3 is 64.5 Å². The predicted molar refractivity (Wildman–Crippen MR) is 97.0 cm³/mol. The number of ether oxygens (including phenoxy) is 5. The van der Waals surface area contributed by atoms with Gasteiger partial charge in [0.05, 0.1) is 24.9 Å². The summed E-state index contributed by atoms with van der Waals surface area (Å²) in [4.78, 5) is 0. The van der Waals surface area contributed by atoms with Crippen molar-refractivity contribution in [3.63, 3.8) is 0 Å². The van der Waals surface area contributed by atoms with E-state index in [0.29, 0.717) is 0 Å². The first kappa shape index (κ1) is 25.1. The summed E-state index contributed by atoms with van der Waals surface area (Å²) in [5.74, 6) is 0. The highest BCUT2D eigenvalue weighted by Crippen LogP contribution is 2.31. The molecule has 0 amide bonds. The highest BCUT2D eigenvalue weighted by atomic mass is 16.7. The second-order valence-corrected chi connectivity index (χ2v) is 8.20. The summed E-state index contributed by atoms with van der Waals surface area (Å²) >= 11 is 0. The summed E-state index contributed by atoms with van der Waals surface area (Å²) in [5.41, 5.74) is 0. The lowest BCUT2D eigenvalue weighted by molar-refractivity contribution is -0.375. The van der Waals surface area contributed by atoms with Crippen LogP contribution in [0.4, 0.5) is 0 Å². The monoisotopic (exact) mass is 456 g/mol. The molecule has 0 bridgehead atoms. The zero-order valence-electron chi connectivity index (χ0n) is 17.1. The van der Waals surface area contributed by atoms with Crippen molar-refractivity contribution >= 4 is 0 Å². The van der Waals surface area contributed by atoms with Gasteiger partial charge in [0.25, 0.3) is 0 Å². The van der Waals surface area contributed by atoms with Crippen molar-refractivity contribution in [2.24, 2.45) is 0 Å². The van der Waals surface area contributed by atoms with Crippen LogP contribution in [0.5, 0.6) is 0 Å². The van der Waals surface area contributed by atoms with E-state index in [9.17, 15) is 35.7 Å². The Balaban J connectivity index is 1.70. The third-order valence-electron chi connectivity index (χ3n) is 5.89. The highest BCUT2D eigenvalue weighted by molar-refractivity contribution is 4.94. The Labute approximate surface area is 178 Å². The number of aliphatic hydroxyl groups is 8. The molecule has 0 saturated carbocycles. The summed E-state index contributed by atoms with van der Waals surface area (Å²) in [6.07, 6.45) is -18.7. The molecule has 13 nitrogen and oxygen atoms in total. The number of aliphatic hydroxyl groups excluding tert-OH is 8. The van der Waals surface area contributed by atoms with E-state index in [1.807, 2.05) is 0 Å². The van der Waals surface area contributed by atoms with Crippen LogP contribution < -0.4 is 0 Å². The summed E-state index contributed by atoms with van der Waals surface area (Å²) < 4.78 is 26.9. The number of hydrogen-bond donors (Lipinski definition) is 8. The van der Waals surface area contributed by atoms with Crippen molar-refractivity contribution in [3.05, 3.63) is 0 Å². The van der Waals surface area contributed by atoms with Gasteiger partial charge in [-0.2, -0.15) is 0 Å². The Kier molecular flexibility index (Phi) is 8.24. The Hall–Kier alpha value is -0.520. The maximum Gasteiger partial charge on any atom is 0.187 e. The molecule has 13 heteroatoms. The van der Waals surface area contributed by atoms with Gasteiger partial charge in [-0.05, 0) is 13.8 Å². The maximum absolute atomic E-state index is 10.7. The molecule has 8 N–H and O–H groups in total. The number of hydrogen-bond acceptors (Lipinski definition) is 13. The van der Waals surface area contributed by atoms with E-state index in [1.54, 1.807) is 6.92 Å². The van der Waals surface area contributed by atoms with Crippen LogP contribution >= 0.6 is 0 Å². The highest BCUT2D eigenvalue weighted by Gasteiger charge is 2.51. The zero-order chi connectivity index (χ0) is 23.0. The third kappa shape index (κ3) is 5.19. The lowest BCUT2D eigenvalue weighted by Gasteiger charge is -2.46. The first-order valence-corrected chi connectivity index (χ1v) is 10.2. The first-order chi connectivity index (χ1) is 14.5. The van der Waals surface area contributed by atoms with Gasteiger partial charge in [0, 0.05) is 6.42 Å². The molecule has 3 heterocycles. The van der Waals surface area contributed by atoms with Crippen molar-refractivity contribution in [1.82, 2.24) is 0 Å². The van der Waals surface area contributed by atoms with Gasteiger partial charge in [-0.15, -0.1) is 0 Å². The molecule has 31 heavy (non-hydrogen) atoms. The van der Waals surface area contributed by atoms with E-state index in [4.69, 9.17) is 28.8 Å². The van der Waals surface area contributed by atoms with E-state index >= 15 is 0 Å². The molecule has 0 aliphatic carbocycles.